The zero-order valence-corrected chi connectivity index (χ0v) is 16.0. The third kappa shape index (κ3) is 5.23. The van der Waals surface area contributed by atoms with E-state index in [9.17, 15) is 0 Å². The molecule has 0 aliphatic heterocycles. The lowest BCUT2D eigenvalue weighted by molar-refractivity contribution is 0.311. The van der Waals surface area contributed by atoms with E-state index in [-0.39, 0.29) is 0 Å². The summed E-state index contributed by atoms with van der Waals surface area (Å²) in [6.07, 6.45) is 0.904. The van der Waals surface area contributed by atoms with Crippen LogP contribution in [-0.4, -0.2) is 42.3 Å². The molecule has 0 saturated heterocycles. The Morgan fingerprint density at radius 3 is 2.59 bits per heavy atom. The maximum absolute atomic E-state index is 5.70. The van der Waals surface area contributed by atoms with Crippen molar-refractivity contribution in [1.29, 1.82) is 0 Å². The number of hydrogen-bond donors (Lipinski definition) is 2. The van der Waals surface area contributed by atoms with Gasteiger partial charge in [0.15, 0.2) is 5.96 Å². The van der Waals surface area contributed by atoms with E-state index in [1.807, 2.05) is 55.5 Å². The van der Waals surface area contributed by atoms with Gasteiger partial charge in [-0.2, -0.15) is 0 Å². The molecule has 0 aliphatic rings. The minimum atomic E-state index is 0.675. The summed E-state index contributed by atoms with van der Waals surface area (Å²) in [5.41, 5.74) is 2.20. The van der Waals surface area contributed by atoms with Gasteiger partial charge in [0.2, 0.25) is 0 Å². The highest BCUT2D eigenvalue weighted by Crippen LogP contribution is 2.14. The molecule has 0 atom stereocenters. The van der Waals surface area contributed by atoms with E-state index in [4.69, 9.17) is 4.74 Å². The Labute approximate surface area is 160 Å². The molecule has 0 fully saturated rings. The van der Waals surface area contributed by atoms with E-state index >= 15 is 0 Å². The summed E-state index contributed by atoms with van der Waals surface area (Å²) in [4.78, 5) is 8.88. The topological polar surface area (TPSA) is 63.5 Å². The summed E-state index contributed by atoms with van der Waals surface area (Å²) in [5.74, 6) is 2.73. The second-order valence-electron chi connectivity index (χ2n) is 6.24. The van der Waals surface area contributed by atoms with Gasteiger partial charge in [-0.15, -0.1) is 0 Å². The highest BCUT2D eigenvalue weighted by molar-refractivity contribution is 5.79. The number of ether oxygens (including phenoxy) is 1. The number of aromatic nitrogens is 2. The summed E-state index contributed by atoms with van der Waals surface area (Å²) in [6.45, 7) is 5.14. The van der Waals surface area contributed by atoms with Crippen LogP contribution in [0.3, 0.4) is 0 Å². The number of guanidine groups is 1. The van der Waals surface area contributed by atoms with E-state index < -0.39 is 0 Å². The van der Waals surface area contributed by atoms with E-state index in [1.54, 1.807) is 7.05 Å². The lowest BCUT2D eigenvalue weighted by atomic mass is 10.3. The standard InChI is InChI=1S/C21H27N5O/c1-17-25-19-11-6-7-12-20(19)26(17)15-14-24-21(22-2)23-13-8-16-27-18-9-4-3-5-10-18/h3-7,9-12H,8,13-16H2,1-2H3,(H2,22,23,24). The van der Waals surface area contributed by atoms with Crippen LogP contribution in [0.1, 0.15) is 12.2 Å². The fraction of sp³-hybridized carbons (Fsp3) is 0.333. The normalized spacial score (nSPS) is 11.6. The van der Waals surface area contributed by atoms with Crippen molar-refractivity contribution in [2.24, 2.45) is 4.99 Å². The van der Waals surface area contributed by atoms with Gasteiger partial charge in [0.05, 0.1) is 17.6 Å². The number of para-hydroxylation sites is 3. The molecule has 2 N–H and O–H groups in total. The van der Waals surface area contributed by atoms with Gasteiger partial charge in [-0.3, -0.25) is 4.99 Å². The predicted molar refractivity (Wildman–Crippen MR) is 110 cm³/mol. The summed E-state index contributed by atoms with van der Waals surface area (Å²) < 4.78 is 7.92. The zero-order chi connectivity index (χ0) is 18.9. The molecule has 142 valence electrons. The summed E-state index contributed by atoms with van der Waals surface area (Å²) in [5, 5.41) is 6.68. The molecule has 0 spiro atoms. The lowest BCUT2D eigenvalue weighted by Crippen LogP contribution is -2.39. The number of nitrogens with zero attached hydrogens (tertiary/aromatic N) is 3. The van der Waals surface area contributed by atoms with Crippen molar-refractivity contribution in [1.82, 2.24) is 20.2 Å². The average Bonchev–Trinajstić information content (AvgIpc) is 3.02. The minimum absolute atomic E-state index is 0.675. The minimum Gasteiger partial charge on any atom is -0.494 e. The molecule has 0 bridgehead atoms. The van der Waals surface area contributed by atoms with Gasteiger partial charge in [-0.25, -0.2) is 4.98 Å². The smallest absolute Gasteiger partial charge is 0.191 e. The molecule has 1 heterocycles. The predicted octanol–water partition coefficient (Wildman–Crippen LogP) is 2.98. The first kappa shape index (κ1) is 18.8. The maximum Gasteiger partial charge on any atom is 0.191 e. The van der Waals surface area contributed by atoms with Crippen LogP contribution in [0, 0.1) is 6.92 Å². The highest BCUT2D eigenvalue weighted by Gasteiger charge is 2.06. The van der Waals surface area contributed by atoms with Crippen LogP contribution in [0.5, 0.6) is 5.75 Å². The molecule has 0 unspecified atom stereocenters. The highest BCUT2D eigenvalue weighted by atomic mass is 16.5. The van der Waals surface area contributed by atoms with Crippen molar-refractivity contribution in [3.8, 4) is 5.75 Å². The van der Waals surface area contributed by atoms with E-state index in [0.717, 1.165) is 54.6 Å². The number of imidazole rings is 1. The van der Waals surface area contributed by atoms with Crippen molar-refractivity contribution in [3.63, 3.8) is 0 Å². The molecule has 6 heteroatoms. The fourth-order valence-electron chi connectivity index (χ4n) is 2.97. The molecule has 6 nitrogen and oxygen atoms in total. The first-order chi connectivity index (χ1) is 13.3. The van der Waals surface area contributed by atoms with E-state index in [0.29, 0.717) is 6.61 Å². The van der Waals surface area contributed by atoms with Gasteiger partial charge < -0.3 is 19.9 Å². The third-order valence-electron chi connectivity index (χ3n) is 4.32. The summed E-state index contributed by atoms with van der Waals surface area (Å²) >= 11 is 0. The van der Waals surface area contributed by atoms with Gasteiger partial charge in [0.25, 0.3) is 0 Å². The molecule has 0 radical (unpaired) electrons. The Morgan fingerprint density at radius 2 is 1.78 bits per heavy atom. The van der Waals surface area contributed by atoms with Crippen LogP contribution in [0.15, 0.2) is 59.6 Å². The summed E-state index contributed by atoms with van der Waals surface area (Å²) in [6, 6.07) is 18.1. The van der Waals surface area contributed by atoms with Crippen molar-refractivity contribution >= 4 is 17.0 Å². The number of rotatable bonds is 8. The van der Waals surface area contributed by atoms with Crippen LogP contribution in [0.25, 0.3) is 11.0 Å². The van der Waals surface area contributed by atoms with Crippen LogP contribution in [0.2, 0.25) is 0 Å². The van der Waals surface area contributed by atoms with Gasteiger partial charge in [-0.1, -0.05) is 30.3 Å². The Balaban J connectivity index is 1.38. The van der Waals surface area contributed by atoms with Crippen LogP contribution < -0.4 is 15.4 Å². The molecule has 3 aromatic rings. The lowest BCUT2D eigenvalue weighted by Gasteiger charge is -2.13. The molecule has 3 rings (SSSR count). The van der Waals surface area contributed by atoms with Gasteiger partial charge >= 0.3 is 0 Å². The Morgan fingerprint density at radius 1 is 1.04 bits per heavy atom. The van der Waals surface area contributed by atoms with Crippen LogP contribution in [0.4, 0.5) is 0 Å². The maximum atomic E-state index is 5.70. The molecule has 1 aromatic heterocycles. The number of aryl methyl sites for hydroxylation is 1. The first-order valence-electron chi connectivity index (χ1n) is 9.32. The van der Waals surface area contributed by atoms with Gasteiger partial charge in [0.1, 0.15) is 11.6 Å². The second kappa shape index (κ2) is 9.62. The molecule has 0 aliphatic carbocycles. The molecule has 27 heavy (non-hydrogen) atoms. The Kier molecular flexibility index (Phi) is 6.68. The average molecular weight is 365 g/mol. The van der Waals surface area contributed by atoms with E-state index in [2.05, 4.69) is 31.2 Å². The van der Waals surface area contributed by atoms with Gasteiger partial charge in [-0.05, 0) is 37.6 Å². The SMILES string of the molecule is CN=C(NCCCOc1ccccc1)NCCn1c(C)nc2ccccc21. The largest absolute Gasteiger partial charge is 0.494 e. The number of fused-ring (bicyclic) bond motifs is 1. The molecule has 0 amide bonds. The first-order valence-corrected chi connectivity index (χ1v) is 9.32. The third-order valence-corrected chi connectivity index (χ3v) is 4.32. The van der Waals surface area contributed by atoms with Crippen molar-refractivity contribution in [3.05, 3.63) is 60.4 Å². The Bertz CT molecular complexity index is 873. The zero-order valence-electron chi connectivity index (χ0n) is 16.0. The second-order valence-corrected chi connectivity index (χ2v) is 6.24. The van der Waals surface area contributed by atoms with E-state index in [1.165, 1.54) is 0 Å². The van der Waals surface area contributed by atoms with Crippen LogP contribution in [-0.2, 0) is 6.54 Å². The number of aliphatic imine (C=N–C) groups is 1. The van der Waals surface area contributed by atoms with Crippen LogP contribution >= 0.6 is 0 Å². The monoisotopic (exact) mass is 365 g/mol. The quantitative estimate of drug-likeness (QED) is 0.366. The number of nitrogens with one attached hydrogen (secondary N) is 2. The molecule has 2 aromatic carbocycles. The molecular weight excluding hydrogens is 338 g/mol. The summed E-state index contributed by atoms with van der Waals surface area (Å²) in [7, 11) is 1.79. The van der Waals surface area contributed by atoms with Crippen molar-refractivity contribution in [2.45, 2.75) is 19.9 Å². The van der Waals surface area contributed by atoms with Crippen molar-refractivity contribution in [2.75, 3.05) is 26.7 Å². The van der Waals surface area contributed by atoms with Gasteiger partial charge in [0, 0.05) is 26.7 Å². The molecule has 0 saturated carbocycles. The Hall–Kier alpha value is -3.02. The number of benzene rings is 2. The fourth-order valence-corrected chi connectivity index (χ4v) is 2.97. The van der Waals surface area contributed by atoms with Crippen molar-refractivity contribution < 1.29 is 4.74 Å². The number of hydrogen-bond acceptors (Lipinski definition) is 3. The molecular formula is C21H27N5O.